The predicted molar refractivity (Wildman–Crippen MR) is 82.3 cm³/mol. The molecule has 1 heterocycles. The first kappa shape index (κ1) is 13.3. The van der Waals surface area contributed by atoms with Crippen molar-refractivity contribution in [3.63, 3.8) is 0 Å². The molecule has 20 heavy (non-hydrogen) atoms. The molecule has 0 radical (unpaired) electrons. The van der Waals surface area contributed by atoms with Gasteiger partial charge in [0.1, 0.15) is 4.60 Å². The zero-order valence-electron chi connectivity index (χ0n) is 11.0. The Balaban J connectivity index is 1.52. The highest BCUT2D eigenvalue weighted by Crippen LogP contribution is 2.53. The molecule has 4 aliphatic carbocycles. The molecule has 0 unspecified atom stereocenters. The maximum Gasteiger partial charge on any atom is 0.273 e. The molecular weight excluding hydrogens is 386 g/mol. The van der Waals surface area contributed by atoms with Gasteiger partial charge in [-0.25, -0.2) is 0 Å². The van der Waals surface area contributed by atoms with Crippen LogP contribution < -0.4 is 5.32 Å². The Morgan fingerprint density at radius 2 is 1.70 bits per heavy atom. The minimum Gasteiger partial charge on any atom is -0.347 e. The van der Waals surface area contributed by atoms with Crippen molar-refractivity contribution in [1.29, 1.82) is 0 Å². The van der Waals surface area contributed by atoms with E-state index in [0.717, 1.165) is 11.8 Å². The van der Waals surface area contributed by atoms with Crippen LogP contribution in [0.4, 0.5) is 0 Å². The molecule has 4 nitrogen and oxygen atoms in total. The van der Waals surface area contributed by atoms with E-state index >= 15 is 0 Å². The summed E-state index contributed by atoms with van der Waals surface area (Å²) < 4.78 is 1.42. The van der Waals surface area contributed by atoms with Gasteiger partial charge in [0.2, 0.25) is 0 Å². The molecule has 1 aromatic heterocycles. The van der Waals surface area contributed by atoms with E-state index < -0.39 is 0 Å². The van der Waals surface area contributed by atoms with Gasteiger partial charge >= 0.3 is 0 Å². The highest BCUT2D eigenvalue weighted by atomic mass is 79.9. The maximum absolute atomic E-state index is 12.4. The average Bonchev–Trinajstić information content (AvgIpc) is 2.73. The second kappa shape index (κ2) is 4.83. The fourth-order valence-electron chi connectivity index (χ4n) is 4.84. The number of carbonyl (C=O) groups excluding carboxylic acids is 1. The second-order valence-electron chi connectivity index (χ2n) is 6.63. The van der Waals surface area contributed by atoms with Crippen molar-refractivity contribution in [3.8, 4) is 0 Å². The first-order chi connectivity index (χ1) is 9.61. The number of hydrogen-bond acceptors (Lipinski definition) is 2. The number of hydrogen-bond donors (Lipinski definition) is 2. The average molecular weight is 403 g/mol. The molecule has 4 fully saturated rings. The van der Waals surface area contributed by atoms with E-state index in [1.54, 1.807) is 0 Å². The van der Waals surface area contributed by atoms with Crippen LogP contribution in [0.2, 0.25) is 0 Å². The van der Waals surface area contributed by atoms with Crippen LogP contribution in [-0.4, -0.2) is 22.1 Å². The molecule has 4 aliphatic rings. The molecule has 4 saturated carbocycles. The van der Waals surface area contributed by atoms with Crippen LogP contribution in [0.15, 0.2) is 9.08 Å². The largest absolute Gasteiger partial charge is 0.347 e. The van der Waals surface area contributed by atoms with E-state index in [1.165, 1.54) is 32.1 Å². The molecule has 1 amide bonds. The van der Waals surface area contributed by atoms with Gasteiger partial charge in [0.25, 0.3) is 5.91 Å². The number of aromatic nitrogens is 2. The highest BCUT2D eigenvalue weighted by molar-refractivity contribution is 9.13. The number of carbonyl (C=O) groups is 1. The van der Waals surface area contributed by atoms with Gasteiger partial charge in [-0.05, 0) is 87.6 Å². The Bertz CT molecular complexity index is 529. The summed E-state index contributed by atoms with van der Waals surface area (Å²) in [4.78, 5) is 12.4. The Hall–Kier alpha value is -0.360. The molecule has 0 aromatic carbocycles. The summed E-state index contributed by atoms with van der Waals surface area (Å²) in [6.07, 6.45) is 6.67. The lowest BCUT2D eigenvalue weighted by atomic mass is 9.54. The van der Waals surface area contributed by atoms with Crippen molar-refractivity contribution < 1.29 is 4.79 Å². The number of nitrogens with one attached hydrogen (secondary N) is 2. The number of aromatic amines is 1. The molecule has 6 heteroatoms. The molecule has 0 aliphatic heterocycles. The third-order valence-electron chi connectivity index (χ3n) is 5.41. The number of nitrogens with zero attached hydrogens (tertiary/aromatic N) is 1. The monoisotopic (exact) mass is 401 g/mol. The Labute approximate surface area is 134 Å². The molecule has 0 spiro atoms. The molecule has 2 N–H and O–H groups in total. The Morgan fingerprint density at radius 3 is 2.20 bits per heavy atom. The number of halogens is 2. The molecule has 108 valence electrons. The van der Waals surface area contributed by atoms with E-state index in [0.29, 0.717) is 32.6 Å². The van der Waals surface area contributed by atoms with E-state index in [4.69, 9.17) is 0 Å². The summed E-state index contributed by atoms with van der Waals surface area (Å²) in [5, 5.41) is 10.1. The lowest BCUT2D eigenvalue weighted by Gasteiger charge is -2.54. The van der Waals surface area contributed by atoms with Gasteiger partial charge in [0.05, 0.1) is 4.47 Å². The van der Waals surface area contributed by atoms with E-state index in [9.17, 15) is 4.79 Å². The zero-order chi connectivity index (χ0) is 13.9. The molecule has 1 aromatic rings. The predicted octanol–water partition coefficient (Wildman–Crippen LogP) is 3.49. The topological polar surface area (TPSA) is 57.8 Å². The van der Waals surface area contributed by atoms with Gasteiger partial charge in [-0.1, -0.05) is 0 Å². The molecule has 0 atom stereocenters. The number of rotatable bonds is 2. The third kappa shape index (κ3) is 2.06. The van der Waals surface area contributed by atoms with Gasteiger partial charge < -0.3 is 5.32 Å². The summed E-state index contributed by atoms with van der Waals surface area (Å²) in [5.41, 5.74) is 0.450. The van der Waals surface area contributed by atoms with Gasteiger partial charge in [-0.15, -0.1) is 0 Å². The SMILES string of the molecule is O=C(NC1C2CC3CC(C2)CC1C3)c1n[nH]c(Br)c1Br. The fraction of sp³-hybridized carbons (Fsp3) is 0.714. The van der Waals surface area contributed by atoms with Crippen LogP contribution in [0.25, 0.3) is 0 Å². The lowest BCUT2D eigenvalue weighted by Crippen LogP contribution is -2.55. The van der Waals surface area contributed by atoms with Gasteiger partial charge in [-0.2, -0.15) is 5.10 Å². The quantitative estimate of drug-likeness (QED) is 0.795. The normalized spacial score (nSPS) is 38.2. The second-order valence-corrected chi connectivity index (χ2v) is 8.22. The van der Waals surface area contributed by atoms with Crippen molar-refractivity contribution in [2.75, 3.05) is 0 Å². The van der Waals surface area contributed by atoms with Crippen molar-refractivity contribution in [2.45, 2.75) is 38.1 Å². The van der Waals surface area contributed by atoms with Crippen LogP contribution in [0.1, 0.15) is 42.6 Å². The lowest BCUT2D eigenvalue weighted by molar-refractivity contribution is -0.0120. The number of H-pyrrole nitrogens is 1. The fourth-order valence-corrected chi connectivity index (χ4v) is 5.47. The molecule has 4 bridgehead atoms. The van der Waals surface area contributed by atoms with Crippen LogP contribution in [0.5, 0.6) is 0 Å². The Kier molecular flexibility index (Phi) is 3.22. The third-order valence-corrected chi connectivity index (χ3v) is 7.28. The minimum atomic E-state index is -0.0590. The summed E-state index contributed by atoms with van der Waals surface area (Å²) in [6, 6.07) is 0.359. The summed E-state index contributed by atoms with van der Waals surface area (Å²) in [7, 11) is 0. The highest BCUT2D eigenvalue weighted by Gasteiger charge is 2.48. The smallest absolute Gasteiger partial charge is 0.273 e. The molecule has 5 rings (SSSR count). The molecule has 0 saturated heterocycles. The van der Waals surface area contributed by atoms with Gasteiger partial charge in [0.15, 0.2) is 5.69 Å². The summed E-state index contributed by atoms with van der Waals surface area (Å²) >= 11 is 6.72. The van der Waals surface area contributed by atoms with Crippen molar-refractivity contribution in [2.24, 2.45) is 23.7 Å². The summed E-state index contributed by atoms with van der Waals surface area (Å²) in [5.74, 6) is 3.18. The standard InChI is InChI=1S/C14H17Br2N3O/c15-10-12(18-19-13(10)16)14(20)17-11-8-2-6-1-7(4-8)5-9(11)3-6/h6-9,11H,1-5H2,(H,17,20)(H,18,19). The van der Waals surface area contributed by atoms with Crippen LogP contribution in [0, 0.1) is 23.7 Å². The van der Waals surface area contributed by atoms with E-state index in [2.05, 4.69) is 47.4 Å². The first-order valence-corrected chi connectivity index (χ1v) is 8.90. The van der Waals surface area contributed by atoms with E-state index in [-0.39, 0.29) is 5.91 Å². The minimum absolute atomic E-state index is 0.0590. The van der Waals surface area contributed by atoms with Gasteiger partial charge in [0, 0.05) is 6.04 Å². The van der Waals surface area contributed by atoms with Gasteiger partial charge in [-0.3, -0.25) is 9.89 Å². The van der Waals surface area contributed by atoms with E-state index in [1.807, 2.05) is 0 Å². The number of amides is 1. The first-order valence-electron chi connectivity index (χ1n) is 7.32. The zero-order valence-corrected chi connectivity index (χ0v) is 14.2. The van der Waals surface area contributed by atoms with Crippen molar-refractivity contribution >= 4 is 37.8 Å². The van der Waals surface area contributed by atoms with Crippen LogP contribution >= 0.6 is 31.9 Å². The van der Waals surface area contributed by atoms with Crippen LogP contribution in [-0.2, 0) is 0 Å². The summed E-state index contributed by atoms with van der Waals surface area (Å²) in [6.45, 7) is 0. The van der Waals surface area contributed by atoms with Crippen molar-refractivity contribution in [1.82, 2.24) is 15.5 Å². The Morgan fingerprint density at radius 1 is 1.10 bits per heavy atom. The molecular formula is C14H17Br2N3O. The van der Waals surface area contributed by atoms with Crippen LogP contribution in [0.3, 0.4) is 0 Å². The van der Waals surface area contributed by atoms with Crippen molar-refractivity contribution in [3.05, 3.63) is 14.8 Å². The maximum atomic E-state index is 12.4.